The largest absolute Gasteiger partial charge is 0.309 e. The third kappa shape index (κ3) is 4.35. The minimum Gasteiger partial charge on any atom is -0.309 e. The summed E-state index contributed by atoms with van der Waals surface area (Å²) in [6.07, 6.45) is 0. The molecule has 0 amide bonds. The third-order valence-corrected chi connectivity index (χ3v) is 10.7. The summed E-state index contributed by atoms with van der Waals surface area (Å²) in [7, 11) is -3.17. The number of rotatable bonds is 5. The Bertz CT molecular complexity index is 1890. The summed E-state index contributed by atoms with van der Waals surface area (Å²) >= 11 is 0. The highest BCUT2D eigenvalue weighted by Gasteiger charge is 2.30. The first-order valence-corrected chi connectivity index (χ1v) is 15.2. The summed E-state index contributed by atoms with van der Waals surface area (Å²) in [5.74, 6) is 0. The molecule has 7 rings (SSSR count). The van der Waals surface area contributed by atoms with Crippen LogP contribution in [0, 0.1) is 0 Å². The molecule has 1 nitrogen and oxygen atoms in total. The van der Waals surface area contributed by atoms with E-state index in [-0.39, 0.29) is 0 Å². The zero-order chi connectivity index (χ0) is 26.9. The van der Waals surface area contributed by atoms with Crippen molar-refractivity contribution in [3.05, 3.63) is 164 Å². The normalized spacial score (nSPS) is 11.6. The standard InChI is InChI=1S/C38H27OP/c39-40(36-15-3-1-4-16-36,37-17-5-2-6-18-37)38-26-34(32-21-19-28-11-7-9-13-30(28)23-32)25-35(27-38)33-22-20-29-12-8-10-14-31(29)24-33/h1-27H. The van der Waals surface area contributed by atoms with Gasteiger partial charge in [-0.2, -0.15) is 0 Å². The molecule has 0 saturated carbocycles. The Balaban J connectivity index is 1.51. The van der Waals surface area contributed by atoms with Gasteiger partial charge in [-0.1, -0.05) is 133 Å². The van der Waals surface area contributed by atoms with Crippen molar-refractivity contribution in [2.24, 2.45) is 0 Å². The Morgan fingerprint density at radius 1 is 0.300 bits per heavy atom. The quantitative estimate of drug-likeness (QED) is 0.203. The molecule has 0 unspecified atom stereocenters. The van der Waals surface area contributed by atoms with Crippen molar-refractivity contribution in [3.8, 4) is 22.3 Å². The number of hydrogen-bond donors (Lipinski definition) is 0. The van der Waals surface area contributed by atoms with Crippen molar-refractivity contribution in [1.82, 2.24) is 0 Å². The highest BCUT2D eigenvalue weighted by atomic mass is 31.2. The van der Waals surface area contributed by atoms with Crippen LogP contribution in [0.1, 0.15) is 0 Å². The van der Waals surface area contributed by atoms with E-state index >= 15 is 4.57 Å². The van der Waals surface area contributed by atoms with E-state index in [2.05, 4.69) is 103 Å². The van der Waals surface area contributed by atoms with Gasteiger partial charge in [-0.15, -0.1) is 0 Å². The first kappa shape index (κ1) is 24.3. The fraction of sp³-hybridized carbons (Fsp3) is 0. The van der Waals surface area contributed by atoms with Crippen LogP contribution < -0.4 is 15.9 Å². The Hall–Kier alpha value is -4.71. The molecule has 0 fully saturated rings. The molecular weight excluding hydrogens is 503 g/mol. The maximum atomic E-state index is 15.4. The van der Waals surface area contributed by atoms with Gasteiger partial charge >= 0.3 is 0 Å². The van der Waals surface area contributed by atoms with E-state index in [9.17, 15) is 0 Å². The molecule has 0 N–H and O–H groups in total. The fourth-order valence-electron chi connectivity index (χ4n) is 5.59. The zero-order valence-corrected chi connectivity index (χ0v) is 22.8. The molecule has 0 aliphatic rings. The Morgan fingerprint density at radius 2 is 0.700 bits per heavy atom. The van der Waals surface area contributed by atoms with Crippen LogP contribution in [0.15, 0.2) is 164 Å². The van der Waals surface area contributed by atoms with Gasteiger partial charge in [-0.3, -0.25) is 0 Å². The van der Waals surface area contributed by atoms with Gasteiger partial charge in [0, 0.05) is 15.9 Å². The van der Waals surface area contributed by atoms with Gasteiger partial charge in [0.2, 0.25) is 0 Å². The highest BCUT2D eigenvalue weighted by Crippen LogP contribution is 2.44. The molecule has 190 valence electrons. The lowest BCUT2D eigenvalue weighted by Gasteiger charge is -2.22. The molecule has 0 aromatic heterocycles. The van der Waals surface area contributed by atoms with Gasteiger partial charge in [0.05, 0.1) is 0 Å². The molecule has 40 heavy (non-hydrogen) atoms. The molecule has 0 saturated heterocycles. The van der Waals surface area contributed by atoms with Gasteiger partial charge in [-0.25, -0.2) is 0 Å². The van der Waals surface area contributed by atoms with Gasteiger partial charge < -0.3 is 4.57 Å². The molecule has 7 aromatic rings. The first-order valence-electron chi connectivity index (χ1n) is 13.5. The summed E-state index contributed by atoms with van der Waals surface area (Å²) in [5.41, 5.74) is 4.32. The van der Waals surface area contributed by atoms with E-state index in [4.69, 9.17) is 0 Å². The zero-order valence-electron chi connectivity index (χ0n) is 21.9. The molecule has 0 heterocycles. The molecule has 0 spiro atoms. The predicted octanol–water partition coefficient (Wildman–Crippen LogP) is 8.97. The van der Waals surface area contributed by atoms with Crippen molar-refractivity contribution in [2.75, 3.05) is 0 Å². The number of benzene rings is 7. The second kappa shape index (κ2) is 10.1. The van der Waals surface area contributed by atoms with Gasteiger partial charge in [0.15, 0.2) is 7.14 Å². The average molecular weight is 531 g/mol. The van der Waals surface area contributed by atoms with Crippen molar-refractivity contribution >= 4 is 44.6 Å². The topological polar surface area (TPSA) is 17.1 Å². The highest BCUT2D eigenvalue weighted by molar-refractivity contribution is 7.85. The van der Waals surface area contributed by atoms with Crippen LogP contribution in [0.25, 0.3) is 43.8 Å². The number of fused-ring (bicyclic) bond motifs is 2. The van der Waals surface area contributed by atoms with Crippen LogP contribution in [0.2, 0.25) is 0 Å². The summed E-state index contributed by atoms with van der Waals surface area (Å²) in [6.45, 7) is 0. The predicted molar refractivity (Wildman–Crippen MR) is 172 cm³/mol. The van der Waals surface area contributed by atoms with Crippen molar-refractivity contribution < 1.29 is 4.57 Å². The lowest BCUT2D eigenvalue weighted by atomic mass is 9.96. The lowest BCUT2D eigenvalue weighted by Crippen LogP contribution is -2.25. The molecular formula is C38H27OP. The second-order valence-corrected chi connectivity index (χ2v) is 12.9. The van der Waals surface area contributed by atoms with Crippen LogP contribution in [0.4, 0.5) is 0 Å². The summed E-state index contributed by atoms with van der Waals surface area (Å²) in [5, 5.41) is 7.29. The molecule has 0 bridgehead atoms. The third-order valence-electron chi connectivity index (χ3n) is 7.69. The van der Waals surface area contributed by atoms with E-state index in [1.165, 1.54) is 21.5 Å². The van der Waals surface area contributed by atoms with E-state index in [1.807, 2.05) is 60.7 Å². The van der Waals surface area contributed by atoms with E-state index in [1.54, 1.807) is 0 Å². The lowest BCUT2D eigenvalue weighted by molar-refractivity contribution is 0.592. The maximum absolute atomic E-state index is 15.4. The SMILES string of the molecule is O=P(c1ccccc1)(c1ccccc1)c1cc(-c2ccc3ccccc3c2)cc(-c2ccc3ccccc3c2)c1. The molecule has 0 aliphatic heterocycles. The molecule has 0 radical (unpaired) electrons. The van der Waals surface area contributed by atoms with Crippen molar-refractivity contribution in [1.29, 1.82) is 0 Å². The van der Waals surface area contributed by atoms with Crippen LogP contribution >= 0.6 is 7.14 Å². The summed E-state index contributed by atoms with van der Waals surface area (Å²) < 4.78 is 15.4. The van der Waals surface area contributed by atoms with Crippen molar-refractivity contribution in [2.45, 2.75) is 0 Å². The Morgan fingerprint density at radius 3 is 1.15 bits per heavy atom. The van der Waals surface area contributed by atoms with Gasteiger partial charge in [-0.05, 0) is 74.1 Å². The van der Waals surface area contributed by atoms with Crippen LogP contribution in [0.3, 0.4) is 0 Å². The van der Waals surface area contributed by atoms with Crippen LogP contribution in [-0.2, 0) is 4.57 Å². The van der Waals surface area contributed by atoms with Gasteiger partial charge in [0.1, 0.15) is 0 Å². The van der Waals surface area contributed by atoms with Gasteiger partial charge in [0.25, 0.3) is 0 Å². The van der Waals surface area contributed by atoms with Crippen LogP contribution in [0.5, 0.6) is 0 Å². The fourth-order valence-corrected chi connectivity index (χ4v) is 8.31. The first-order chi connectivity index (χ1) is 19.7. The van der Waals surface area contributed by atoms with Crippen molar-refractivity contribution in [3.63, 3.8) is 0 Å². The monoisotopic (exact) mass is 530 g/mol. The molecule has 0 aliphatic carbocycles. The van der Waals surface area contributed by atoms with E-state index in [0.717, 1.165) is 38.2 Å². The van der Waals surface area contributed by atoms with E-state index < -0.39 is 7.14 Å². The Labute approximate surface area is 234 Å². The Kier molecular flexibility index (Phi) is 6.16. The smallest absolute Gasteiger partial charge is 0.171 e. The maximum Gasteiger partial charge on any atom is 0.171 e. The summed E-state index contributed by atoms with van der Waals surface area (Å²) in [4.78, 5) is 0. The average Bonchev–Trinajstić information content (AvgIpc) is 3.04. The minimum absolute atomic E-state index is 0.832. The summed E-state index contributed by atoms with van der Waals surface area (Å²) in [6, 6.07) is 56.3. The molecule has 7 aromatic carbocycles. The van der Waals surface area contributed by atoms with E-state index in [0.29, 0.717) is 0 Å². The number of hydrogen-bond acceptors (Lipinski definition) is 1. The molecule has 2 heteroatoms. The second-order valence-electron chi connectivity index (χ2n) is 10.2. The molecule has 0 atom stereocenters. The minimum atomic E-state index is -3.17. The van der Waals surface area contributed by atoms with Crippen LogP contribution in [-0.4, -0.2) is 0 Å².